The summed E-state index contributed by atoms with van der Waals surface area (Å²) >= 11 is 0. The van der Waals surface area contributed by atoms with Crippen LogP contribution in [0.3, 0.4) is 0 Å². The highest BCUT2D eigenvalue weighted by atomic mass is 79.9. The normalized spacial score (nSPS) is 10.8. The lowest BCUT2D eigenvalue weighted by Crippen LogP contribution is -3.00. The predicted octanol–water partition coefficient (Wildman–Crippen LogP) is 3.77. The van der Waals surface area contributed by atoms with E-state index in [1.165, 1.54) is 115 Å². The van der Waals surface area contributed by atoms with Gasteiger partial charge < -0.3 is 22.1 Å². The maximum atomic E-state index is 8.75. The Morgan fingerprint density at radius 1 is 0.643 bits per heavy atom. The number of unbranched alkanes of at least 4 members (excludes halogenated alkanes) is 14. The van der Waals surface area contributed by atoms with Crippen molar-refractivity contribution in [1.82, 2.24) is 0 Å². The zero-order valence-corrected chi connectivity index (χ0v) is 20.1. The molecule has 0 bridgehead atoms. The van der Waals surface area contributed by atoms with Crippen LogP contribution in [0.25, 0.3) is 0 Å². The number of nitrogens with zero attached hydrogens (tertiary/aromatic N) is 1. The fraction of sp³-hybridized carbons (Fsp3) is 0.800. The summed E-state index contributed by atoms with van der Waals surface area (Å²) in [5, 5.41) is 8.75. The summed E-state index contributed by atoms with van der Waals surface area (Å²) in [5.41, 5.74) is 1.50. The molecule has 0 aliphatic rings. The first-order valence-electron chi connectivity index (χ1n) is 12.0. The van der Waals surface area contributed by atoms with Gasteiger partial charge in [0.2, 0.25) is 0 Å². The van der Waals surface area contributed by atoms with Gasteiger partial charge in [-0.15, -0.1) is 0 Å². The molecular weight excluding hydrogens is 410 g/mol. The van der Waals surface area contributed by atoms with Crippen molar-refractivity contribution in [2.24, 2.45) is 0 Å². The van der Waals surface area contributed by atoms with E-state index in [-0.39, 0.29) is 17.0 Å². The second-order valence-electron chi connectivity index (χ2n) is 8.22. The number of rotatable bonds is 19. The third-order valence-corrected chi connectivity index (χ3v) is 5.60. The third kappa shape index (κ3) is 16.5. The van der Waals surface area contributed by atoms with Crippen LogP contribution in [-0.4, -0.2) is 11.7 Å². The molecule has 2 nitrogen and oxygen atoms in total. The fourth-order valence-electron chi connectivity index (χ4n) is 3.73. The molecule has 0 aliphatic heterocycles. The van der Waals surface area contributed by atoms with Crippen LogP contribution in [0.5, 0.6) is 0 Å². The predicted molar refractivity (Wildman–Crippen MR) is 117 cm³/mol. The van der Waals surface area contributed by atoms with Gasteiger partial charge in [0.05, 0.1) is 0 Å². The lowest BCUT2D eigenvalue weighted by atomic mass is 10.1. The molecule has 0 saturated carbocycles. The summed E-state index contributed by atoms with van der Waals surface area (Å²) in [5.74, 6) is 0. The van der Waals surface area contributed by atoms with Crippen molar-refractivity contribution in [2.75, 3.05) is 6.61 Å². The van der Waals surface area contributed by atoms with E-state index in [0.717, 1.165) is 6.42 Å². The molecule has 1 N–H and O–H groups in total. The number of aliphatic hydroxyl groups is 1. The van der Waals surface area contributed by atoms with Crippen molar-refractivity contribution in [3.05, 3.63) is 30.1 Å². The lowest BCUT2D eigenvalue weighted by Gasteiger charge is -2.03. The Morgan fingerprint density at radius 2 is 1.11 bits per heavy atom. The van der Waals surface area contributed by atoms with Crippen LogP contribution in [0.1, 0.15) is 115 Å². The number of aromatic nitrogens is 1. The maximum absolute atomic E-state index is 8.75. The number of hydrogen-bond acceptors (Lipinski definition) is 1. The van der Waals surface area contributed by atoms with E-state index in [9.17, 15) is 0 Å². The van der Waals surface area contributed by atoms with Crippen molar-refractivity contribution < 1.29 is 26.7 Å². The minimum Gasteiger partial charge on any atom is -1.00 e. The molecule has 0 spiro atoms. The van der Waals surface area contributed by atoms with Gasteiger partial charge >= 0.3 is 0 Å². The second-order valence-corrected chi connectivity index (χ2v) is 8.22. The topological polar surface area (TPSA) is 24.1 Å². The summed E-state index contributed by atoms with van der Waals surface area (Å²) in [4.78, 5) is 0. The number of pyridine rings is 1. The lowest BCUT2D eigenvalue weighted by molar-refractivity contribution is -0.697. The van der Waals surface area contributed by atoms with Crippen molar-refractivity contribution in [3.8, 4) is 0 Å². The molecule has 1 aromatic heterocycles. The van der Waals surface area contributed by atoms with Gasteiger partial charge in [0.25, 0.3) is 0 Å². The molecular formula is C25H46BrNO. The van der Waals surface area contributed by atoms with Crippen molar-refractivity contribution >= 4 is 0 Å². The number of hydrogen-bond donors (Lipinski definition) is 1. The fourth-order valence-corrected chi connectivity index (χ4v) is 3.73. The quantitative estimate of drug-likeness (QED) is 0.249. The minimum absolute atomic E-state index is 0. The molecule has 0 unspecified atom stereocenters. The van der Waals surface area contributed by atoms with Gasteiger partial charge in [0, 0.05) is 25.2 Å². The Morgan fingerprint density at radius 3 is 1.64 bits per heavy atom. The molecule has 3 heteroatoms. The van der Waals surface area contributed by atoms with Gasteiger partial charge in [-0.3, -0.25) is 0 Å². The standard InChI is InChI=1S/C25H46NO.BrH/c1-2-3-4-5-12-15-18-25-19-22-26(23-20-25)21-16-13-10-8-6-7-9-11-14-17-24-27;/h19-20,22-23,27H,2-18,21,24H2,1H3;1H/q+1;/p-1. The average molecular weight is 457 g/mol. The van der Waals surface area contributed by atoms with Gasteiger partial charge in [-0.2, -0.15) is 0 Å². The van der Waals surface area contributed by atoms with Crippen LogP contribution in [0.2, 0.25) is 0 Å². The molecule has 0 fully saturated rings. The molecule has 28 heavy (non-hydrogen) atoms. The Kier molecular flexibility index (Phi) is 21.0. The highest BCUT2D eigenvalue weighted by molar-refractivity contribution is 5.07. The van der Waals surface area contributed by atoms with Crippen molar-refractivity contribution in [1.29, 1.82) is 0 Å². The first-order valence-corrected chi connectivity index (χ1v) is 12.0. The van der Waals surface area contributed by atoms with Crippen LogP contribution in [0.4, 0.5) is 0 Å². The molecule has 0 saturated heterocycles. The Hall–Kier alpha value is -0.410. The van der Waals surface area contributed by atoms with Crippen LogP contribution in [0, 0.1) is 0 Å². The molecule has 1 aromatic rings. The molecule has 0 aromatic carbocycles. The van der Waals surface area contributed by atoms with E-state index in [1.807, 2.05) is 0 Å². The molecule has 164 valence electrons. The van der Waals surface area contributed by atoms with Gasteiger partial charge in [0.15, 0.2) is 12.4 Å². The van der Waals surface area contributed by atoms with Gasteiger partial charge in [-0.05, 0) is 31.2 Å². The molecule has 0 atom stereocenters. The summed E-state index contributed by atoms with van der Waals surface area (Å²) in [6, 6.07) is 4.64. The summed E-state index contributed by atoms with van der Waals surface area (Å²) in [7, 11) is 0. The average Bonchev–Trinajstić information content (AvgIpc) is 2.70. The highest BCUT2D eigenvalue weighted by Gasteiger charge is 2.01. The summed E-state index contributed by atoms with van der Waals surface area (Å²) < 4.78 is 2.35. The van der Waals surface area contributed by atoms with Crippen LogP contribution in [-0.2, 0) is 13.0 Å². The smallest absolute Gasteiger partial charge is 0.169 e. The van der Waals surface area contributed by atoms with E-state index in [4.69, 9.17) is 5.11 Å². The minimum atomic E-state index is 0. The zero-order valence-electron chi connectivity index (χ0n) is 18.5. The summed E-state index contributed by atoms with van der Waals surface area (Å²) in [6.07, 6.45) is 27.1. The molecule has 0 aliphatic carbocycles. The number of aryl methyl sites for hydroxylation is 2. The van der Waals surface area contributed by atoms with E-state index >= 15 is 0 Å². The zero-order chi connectivity index (χ0) is 19.4. The Labute approximate surface area is 185 Å². The molecule has 0 radical (unpaired) electrons. The SMILES string of the molecule is CCCCCCCCc1cc[n+](CCCCCCCCCCCCO)cc1.[Br-]. The second kappa shape index (κ2) is 21.3. The third-order valence-electron chi connectivity index (χ3n) is 5.60. The van der Waals surface area contributed by atoms with E-state index in [0.29, 0.717) is 6.61 Å². The molecule has 1 heterocycles. The van der Waals surface area contributed by atoms with E-state index in [2.05, 4.69) is 36.0 Å². The molecule has 1 rings (SSSR count). The van der Waals surface area contributed by atoms with Crippen molar-refractivity contribution in [2.45, 2.75) is 123 Å². The van der Waals surface area contributed by atoms with Crippen molar-refractivity contribution in [3.63, 3.8) is 0 Å². The monoisotopic (exact) mass is 455 g/mol. The largest absolute Gasteiger partial charge is 1.00 e. The Bertz CT molecular complexity index is 421. The van der Waals surface area contributed by atoms with Crippen LogP contribution in [0.15, 0.2) is 24.5 Å². The maximum Gasteiger partial charge on any atom is 0.169 e. The summed E-state index contributed by atoms with van der Waals surface area (Å²) in [6.45, 7) is 3.81. The van der Waals surface area contributed by atoms with E-state index < -0.39 is 0 Å². The van der Waals surface area contributed by atoms with Gasteiger partial charge in [0.1, 0.15) is 6.54 Å². The van der Waals surface area contributed by atoms with Crippen LogP contribution >= 0.6 is 0 Å². The first-order chi connectivity index (χ1) is 13.4. The number of aliphatic hydroxyl groups excluding tert-OH is 1. The Balaban J connectivity index is 0.00000729. The molecule has 0 amide bonds. The van der Waals surface area contributed by atoms with Crippen LogP contribution < -0.4 is 21.5 Å². The highest BCUT2D eigenvalue weighted by Crippen LogP contribution is 2.11. The van der Waals surface area contributed by atoms with Gasteiger partial charge in [-0.1, -0.05) is 84.0 Å². The van der Waals surface area contributed by atoms with E-state index in [1.54, 1.807) is 0 Å². The number of halogens is 1. The van der Waals surface area contributed by atoms with Gasteiger partial charge in [-0.25, -0.2) is 4.57 Å². The first kappa shape index (κ1) is 27.6.